The monoisotopic (exact) mass is 183 g/mol. The molecule has 70 valence electrons. The Morgan fingerprint density at radius 2 is 2.23 bits per heavy atom. The van der Waals surface area contributed by atoms with Gasteiger partial charge >= 0.3 is 0 Å². The van der Waals surface area contributed by atoms with Crippen molar-refractivity contribution in [1.82, 2.24) is 5.48 Å². The fourth-order valence-corrected chi connectivity index (χ4v) is 1.28. The second-order valence-electron chi connectivity index (χ2n) is 2.67. The summed E-state index contributed by atoms with van der Waals surface area (Å²) in [5, 5.41) is 17.8. The Bertz CT molecular complexity index is 326. The van der Waals surface area contributed by atoms with Crippen LogP contribution in [0.15, 0.2) is 12.1 Å². The topological polar surface area (TPSA) is 71.0 Å². The van der Waals surface area contributed by atoms with E-state index >= 15 is 0 Å². The minimum atomic E-state index is 0.0921. The van der Waals surface area contributed by atoms with Gasteiger partial charge in [-0.1, -0.05) is 0 Å². The number of ether oxygens (including phenoxy) is 2. The fraction of sp³-hybridized carbons (Fsp3) is 0.250. The highest BCUT2D eigenvalue weighted by Crippen LogP contribution is 2.38. The number of nitrogens with one attached hydrogen (secondary N) is 1. The summed E-state index contributed by atoms with van der Waals surface area (Å²) in [6, 6.07) is 2.99. The van der Waals surface area contributed by atoms with Crippen LogP contribution in [0, 0.1) is 0 Å². The lowest BCUT2D eigenvalue weighted by molar-refractivity contribution is 0.155. The number of hydrogen-bond acceptors (Lipinski definition) is 5. The van der Waals surface area contributed by atoms with Gasteiger partial charge in [0.25, 0.3) is 0 Å². The molecule has 0 saturated heterocycles. The van der Waals surface area contributed by atoms with Crippen molar-refractivity contribution >= 4 is 0 Å². The van der Waals surface area contributed by atoms with E-state index in [9.17, 15) is 5.11 Å². The van der Waals surface area contributed by atoms with Gasteiger partial charge in [0.2, 0.25) is 6.79 Å². The highest BCUT2D eigenvalue weighted by atomic mass is 16.7. The summed E-state index contributed by atoms with van der Waals surface area (Å²) in [5.74, 6) is 1.17. The van der Waals surface area contributed by atoms with Crippen molar-refractivity contribution in [3.63, 3.8) is 0 Å². The standard InChI is InChI=1S/C8H9NO4/c10-6-1-5(3-9-11)8-7(2-6)12-4-13-8/h1-2,9-11H,3-4H2. The van der Waals surface area contributed by atoms with E-state index in [4.69, 9.17) is 14.7 Å². The van der Waals surface area contributed by atoms with E-state index in [-0.39, 0.29) is 19.1 Å². The molecule has 0 atom stereocenters. The van der Waals surface area contributed by atoms with E-state index in [1.807, 2.05) is 5.48 Å². The average Bonchev–Trinajstić information content (AvgIpc) is 2.52. The Kier molecular flexibility index (Phi) is 1.96. The Labute approximate surface area is 74.5 Å². The lowest BCUT2D eigenvalue weighted by Gasteiger charge is -2.04. The van der Waals surface area contributed by atoms with Gasteiger partial charge in [-0.05, 0) is 6.07 Å². The molecular weight excluding hydrogens is 174 g/mol. The van der Waals surface area contributed by atoms with Crippen LogP contribution in [-0.2, 0) is 6.54 Å². The molecule has 0 bridgehead atoms. The van der Waals surface area contributed by atoms with Crippen molar-refractivity contribution in [2.75, 3.05) is 6.79 Å². The normalized spacial score (nSPS) is 13.3. The van der Waals surface area contributed by atoms with Gasteiger partial charge in [0.15, 0.2) is 11.5 Å². The fourth-order valence-electron chi connectivity index (χ4n) is 1.28. The molecule has 0 spiro atoms. The quantitative estimate of drug-likeness (QED) is 0.585. The summed E-state index contributed by atoms with van der Waals surface area (Å²) in [6.45, 7) is 0.358. The minimum absolute atomic E-state index is 0.0921. The van der Waals surface area contributed by atoms with Crippen LogP contribution in [-0.4, -0.2) is 17.1 Å². The molecule has 5 nitrogen and oxygen atoms in total. The van der Waals surface area contributed by atoms with Gasteiger partial charge in [-0.3, -0.25) is 0 Å². The summed E-state index contributed by atoms with van der Waals surface area (Å²) < 4.78 is 10.2. The maximum Gasteiger partial charge on any atom is 0.231 e. The van der Waals surface area contributed by atoms with Crippen LogP contribution in [0.5, 0.6) is 17.2 Å². The van der Waals surface area contributed by atoms with Gasteiger partial charge in [0.1, 0.15) is 5.75 Å². The first-order valence-electron chi connectivity index (χ1n) is 3.79. The third-order valence-electron chi connectivity index (χ3n) is 1.80. The number of aromatic hydroxyl groups is 1. The number of benzene rings is 1. The zero-order valence-corrected chi connectivity index (χ0v) is 6.78. The van der Waals surface area contributed by atoms with E-state index < -0.39 is 0 Å². The Morgan fingerprint density at radius 1 is 1.38 bits per heavy atom. The van der Waals surface area contributed by atoms with Crippen molar-refractivity contribution in [3.8, 4) is 17.2 Å². The van der Waals surface area contributed by atoms with Gasteiger partial charge < -0.3 is 19.8 Å². The first-order valence-corrected chi connectivity index (χ1v) is 3.79. The molecule has 0 amide bonds. The van der Waals surface area contributed by atoms with E-state index in [1.54, 1.807) is 0 Å². The van der Waals surface area contributed by atoms with Crippen LogP contribution < -0.4 is 15.0 Å². The van der Waals surface area contributed by atoms with Gasteiger partial charge in [0.05, 0.1) is 0 Å². The Hall–Kier alpha value is -1.46. The lowest BCUT2D eigenvalue weighted by Crippen LogP contribution is -2.06. The molecule has 0 saturated carbocycles. The van der Waals surface area contributed by atoms with E-state index in [0.29, 0.717) is 17.1 Å². The third kappa shape index (κ3) is 1.39. The summed E-state index contributed by atoms with van der Waals surface area (Å²) >= 11 is 0. The maximum atomic E-state index is 9.26. The summed E-state index contributed by atoms with van der Waals surface area (Å²) in [4.78, 5) is 0. The van der Waals surface area contributed by atoms with Gasteiger partial charge in [-0.2, -0.15) is 0 Å². The highest BCUT2D eigenvalue weighted by Gasteiger charge is 2.18. The molecule has 1 heterocycles. The second-order valence-corrected chi connectivity index (χ2v) is 2.67. The van der Waals surface area contributed by atoms with Crippen LogP contribution >= 0.6 is 0 Å². The number of phenolic OH excluding ortho intramolecular Hbond substituents is 1. The van der Waals surface area contributed by atoms with E-state index in [1.165, 1.54) is 12.1 Å². The first-order chi connectivity index (χ1) is 6.31. The minimum Gasteiger partial charge on any atom is -0.508 e. The van der Waals surface area contributed by atoms with Crippen LogP contribution in [0.25, 0.3) is 0 Å². The second kappa shape index (κ2) is 3.12. The molecule has 1 aromatic rings. The van der Waals surface area contributed by atoms with Crippen molar-refractivity contribution in [2.45, 2.75) is 6.54 Å². The van der Waals surface area contributed by atoms with E-state index in [0.717, 1.165) is 0 Å². The molecule has 1 aromatic carbocycles. The van der Waals surface area contributed by atoms with Crippen LogP contribution in [0.2, 0.25) is 0 Å². The third-order valence-corrected chi connectivity index (χ3v) is 1.80. The molecular formula is C8H9NO4. The van der Waals surface area contributed by atoms with Gasteiger partial charge in [0, 0.05) is 18.2 Å². The van der Waals surface area contributed by atoms with Crippen molar-refractivity contribution in [3.05, 3.63) is 17.7 Å². The maximum absolute atomic E-state index is 9.26. The van der Waals surface area contributed by atoms with Crippen LogP contribution in [0.4, 0.5) is 0 Å². The molecule has 2 rings (SSSR count). The summed E-state index contributed by atoms with van der Waals surface area (Å²) in [5.41, 5.74) is 2.66. The first kappa shape index (κ1) is 8.15. The molecule has 3 N–H and O–H groups in total. The predicted molar refractivity (Wildman–Crippen MR) is 42.9 cm³/mol. The molecule has 0 fully saturated rings. The van der Waals surface area contributed by atoms with Crippen molar-refractivity contribution in [2.24, 2.45) is 0 Å². The number of rotatable bonds is 2. The highest BCUT2D eigenvalue weighted by molar-refractivity contribution is 5.52. The number of hydrogen-bond donors (Lipinski definition) is 3. The average molecular weight is 183 g/mol. The number of hydroxylamine groups is 1. The molecule has 0 aliphatic carbocycles. The molecule has 5 heteroatoms. The molecule has 0 radical (unpaired) electrons. The van der Waals surface area contributed by atoms with Crippen molar-refractivity contribution in [1.29, 1.82) is 0 Å². The Morgan fingerprint density at radius 3 is 3.00 bits per heavy atom. The van der Waals surface area contributed by atoms with E-state index in [2.05, 4.69) is 0 Å². The Balaban J connectivity index is 2.43. The molecule has 0 aromatic heterocycles. The predicted octanol–water partition coefficient (Wildman–Crippen LogP) is 0.600. The van der Waals surface area contributed by atoms with Gasteiger partial charge in [-0.25, -0.2) is 5.48 Å². The number of fused-ring (bicyclic) bond motifs is 1. The molecule has 0 unspecified atom stereocenters. The number of phenols is 1. The SMILES string of the molecule is ONCc1cc(O)cc2c1OCO2. The molecule has 13 heavy (non-hydrogen) atoms. The smallest absolute Gasteiger partial charge is 0.231 e. The molecule has 1 aliphatic heterocycles. The summed E-state index contributed by atoms with van der Waals surface area (Å²) in [6.07, 6.45) is 0. The van der Waals surface area contributed by atoms with Gasteiger partial charge in [-0.15, -0.1) is 0 Å². The lowest BCUT2D eigenvalue weighted by atomic mass is 10.2. The van der Waals surface area contributed by atoms with Crippen molar-refractivity contribution < 1.29 is 19.8 Å². The zero-order chi connectivity index (χ0) is 9.26. The zero-order valence-electron chi connectivity index (χ0n) is 6.78. The van der Waals surface area contributed by atoms with Crippen LogP contribution in [0.3, 0.4) is 0 Å². The van der Waals surface area contributed by atoms with Crippen LogP contribution in [0.1, 0.15) is 5.56 Å². The summed E-state index contributed by atoms with van der Waals surface area (Å²) in [7, 11) is 0. The largest absolute Gasteiger partial charge is 0.508 e. The molecule has 1 aliphatic rings.